The minimum atomic E-state index is -4.72. The summed E-state index contributed by atoms with van der Waals surface area (Å²) in [7, 11) is -1.52. The van der Waals surface area contributed by atoms with E-state index < -0.39 is 34.0 Å². The summed E-state index contributed by atoms with van der Waals surface area (Å²) in [6.07, 6.45) is -3.13. The molecule has 1 aliphatic heterocycles. The number of benzene rings is 1. The van der Waals surface area contributed by atoms with E-state index in [0.717, 1.165) is 16.4 Å². The number of hydrogen-bond donors (Lipinski definition) is 1. The van der Waals surface area contributed by atoms with E-state index in [1.54, 1.807) is 19.9 Å². The fraction of sp³-hybridized carbons (Fsp3) is 0.318. The second kappa shape index (κ2) is 9.94. The van der Waals surface area contributed by atoms with Gasteiger partial charge in [0.15, 0.2) is 11.5 Å². The van der Waals surface area contributed by atoms with E-state index in [4.69, 9.17) is 9.47 Å². The number of alkyl halides is 3. The molecule has 1 aliphatic rings. The van der Waals surface area contributed by atoms with Crippen molar-refractivity contribution in [3.05, 3.63) is 59.4 Å². The van der Waals surface area contributed by atoms with Gasteiger partial charge < -0.3 is 14.8 Å². The predicted octanol–water partition coefficient (Wildman–Crippen LogP) is 3.79. The highest BCUT2D eigenvalue weighted by molar-refractivity contribution is 7.88. The number of methoxy groups -OCH3 is 2. The van der Waals surface area contributed by atoms with Gasteiger partial charge in [0.2, 0.25) is 0 Å². The molecule has 1 N–H and O–H groups in total. The summed E-state index contributed by atoms with van der Waals surface area (Å²) in [6, 6.07) is 6.92. The molecule has 1 aromatic heterocycles. The van der Waals surface area contributed by atoms with Crippen LogP contribution in [-0.4, -0.2) is 49.6 Å². The lowest BCUT2D eigenvalue weighted by atomic mass is 10.1. The molecule has 0 saturated carbocycles. The molecule has 2 aromatic rings. The van der Waals surface area contributed by atoms with Crippen LogP contribution in [0.1, 0.15) is 31.5 Å². The smallest absolute Gasteiger partial charge is 0.433 e. The number of carbonyl (C=O) groups is 1. The molecule has 13 heteroatoms. The van der Waals surface area contributed by atoms with Crippen LogP contribution in [-0.2, 0) is 21.2 Å². The Balaban J connectivity index is 2.07. The van der Waals surface area contributed by atoms with Gasteiger partial charge in [0.25, 0.3) is 5.91 Å². The first-order chi connectivity index (χ1) is 16.4. The number of nitrogens with zero attached hydrogens (tertiary/aromatic N) is 3. The van der Waals surface area contributed by atoms with Crippen LogP contribution < -0.4 is 14.8 Å². The zero-order chi connectivity index (χ0) is 26.0. The topological polar surface area (TPSA) is 110 Å². The first-order valence-corrected chi connectivity index (χ1v) is 11.7. The summed E-state index contributed by atoms with van der Waals surface area (Å²) in [5.41, 5.74) is -1.27. The average molecular weight is 513 g/mol. The van der Waals surface area contributed by atoms with E-state index in [2.05, 4.69) is 14.7 Å². The lowest BCUT2D eigenvalue weighted by Gasteiger charge is -2.31. The molecular weight excluding hydrogens is 489 g/mol. The van der Waals surface area contributed by atoms with E-state index >= 15 is 0 Å². The molecule has 0 spiro atoms. The van der Waals surface area contributed by atoms with Crippen LogP contribution >= 0.6 is 0 Å². The molecule has 1 amide bonds. The maximum absolute atomic E-state index is 13.1. The second-order valence-electron chi connectivity index (χ2n) is 7.47. The summed E-state index contributed by atoms with van der Waals surface area (Å²) in [5, 5.41) is 2.26. The van der Waals surface area contributed by atoms with E-state index in [0.29, 0.717) is 23.5 Å². The maximum Gasteiger partial charge on any atom is 0.433 e. The van der Waals surface area contributed by atoms with Crippen LogP contribution in [0.5, 0.6) is 11.5 Å². The third-order valence-electron chi connectivity index (χ3n) is 5.16. The van der Waals surface area contributed by atoms with Crippen LogP contribution in [0.4, 0.5) is 19.0 Å². The monoisotopic (exact) mass is 512 g/mol. The van der Waals surface area contributed by atoms with E-state index in [9.17, 15) is 26.4 Å². The standard InChI is InChI=1S/C22H23F3N4O5S/c1-5-13(2)29-16(21(30)27-20-8-6-7-19(26-20)22(23,24)25)12-15(28-35(29,31)32)14-9-10-17(33-3)18(11-14)34-4/h6-13H,5H2,1-4H3,(H,26,27,30)/t13-/m0/s1. The van der Waals surface area contributed by atoms with Gasteiger partial charge in [-0.15, -0.1) is 4.40 Å². The summed E-state index contributed by atoms with van der Waals surface area (Å²) >= 11 is 0. The number of aromatic nitrogens is 1. The zero-order valence-electron chi connectivity index (χ0n) is 19.3. The molecule has 0 aliphatic carbocycles. The van der Waals surface area contributed by atoms with Gasteiger partial charge in [-0.3, -0.25) is 4.79 Å². The summed E-state index contributed by atoms with van der Waals surface area (Å²) in [6.45, 7) is 3.30. The molecule has 0 radical (unpaired) electrons. The van der Waals surface area contributed by atoms with Gasteiger partial charge in [0.1, 0.15) is 17.2 Å². The van der Waals surface area contributed by atoms with E-state index in [-0.39, 0.29) is 17.2 Å². The largest absolute Gasteiger partial charge is 0.493 e. The number of rotatable bonds is 7. The molecule has 35 heavy (non-hydrogen) atoms. The Hall–Kier alpha value is -3.61. The third-order valence-corrected chi connectivity index (χ3v) is 6.64. The fourth-order valence-corrected chi connectivity index (χ4v) is 4.77. The van der Waals surface area contributed by atoms with Crippen molar-refractivity contribution < 1.29 is 35.9 Å². The number of nitrogens with one attached hydrogen (secondary N) is 1. The molecular formula is C22H23F3N4O5S. The van der Waals surface area contributed by atoms with Gasteiger partial charge >= 0.3 is 16.4 Å². The lowest BCUT2D eigenvalue weighted by molar-refractivity contribution is -0.141. The van der Waals surface area contributed by atoms with Crippen LogP contribution in [0.3, 0.4) is 0 Å². The molecule has 2 heterocycles. The van der Waals surface area contributed by atoms with Crippen molar-refractivity contribution in [1.29, 1.82) is 0 Å². The molecule has 1 aromatic carbocycles. The van der Waals surface area contributed by atoms with Gasteiger partial charge in [0, 0.05) is 11.6 Å². The quantitative estimate of drug-likeness (QED) is 0.605. The molecule has 1 atom stereocenters. The third kappa shape index (κ3) is 5.56. The van der Waals surface area contributed by atoms with Gasteiger partial charge in [0.05, 0.1) is 19.9 Å². The van der Waals surface area contributed by atoms with E-state index in [1.807, 2.05) is 0 Å². The number of anilines is 1. The minimum absolute atomic E-state index is 0.0624. The van der Waals surface area contributed by atoms with Crippen LogP contribution in [0, 0.1) is 0 Å². The Kier molecular flexibility index (Phi) is 7.38. The zero-order valence-corrected chi connectivity index (χ0v) is 20.1. The number of allylic oxidation sites excluding steroid dienone is 1. The fourth-order valence-electron chi connectivity index (χ4n) is 3.28. The molecule has 0 unspecified atom stereocenters. The van der Waals surface area contributed by atoms with Gasteiger partial charge in [-0.25, -0.2) is 9.29 Å². The highest BCUT2D eigenvalue weighted by atomic mass is 32.2. The first-order valence-electron chi connectivity index (χ1n) is 10.3. The minimum Gasteiger partial charge on any atom is -0.493 e. The molecule has 0 fully saturated rings. The molecule has 9 nitrogen and oxygen atoms in total. The van der Waals surface area contributed by atoms with Crippen LogP contribution in [0.15, 0.2) is 52.6 Å². The molecule has 188 valence electrons. The van der Waals surface area contributed by atoms with Crippen molar-refractivity contribution in [2.24, 2.45) is 4.40 Å². The Labute approximate surface area is 200 Å². The Morgan fingerprint density at radius 1 is 1.14 bits per heavy atom. The Bertz CT molecular complexity index is 1290. The van der Waals surface area contributed by atoms with Gasteiger partial charge in [-0.05, 0) is 49.8 Å². The SMILES string of the molecule is CC[C@H](C)N1C(C(=O)Nc2cccc(C(F)(F)F)n2)=CC(c2ccc(OC)c(OC)c2)=NS1(=O)=O. The van der Waals surface area contributed by atoms with Crippen molar-refractivity contribution in [1.82, 2.24) is 9.29 Å². The van der Waals surface area contributed by atoms with Crippen molar-refractivity contribution >= 4 is 27.6 Å². The number of hydrogen-bond acceptors (Lipinski definition) is 6. The number of amides is 1. The molecule has 0 saturated heterocycles. The molecule has 3 rings (SSSR count). The maximum atomic E-state index is 13.1. The highest BCUT2D eigenvalue weighted by Gasteiger charge is 2.37. The summed E-state index contributed by atoms with van der Waals surface area (Å²) < 4.78 is 80.4. The Morgan fingerprint density at radius 2 is 1.83 bits per heavy atom. The van der Waals surface area contributed by atoms with Gasteiger partial charge in [-0.1, -0.05) is 13.0 Å². The number of halogens is 3. The van der Waals surface area contributed by atoms with Crippen molar-refractivity contribution in [2.75, 3.05) is 19.5 Å². The van der Waals surface area contributed by atoms with Gasteiger partial charge in [-0.2, -0.15) is 21.6 Å². The van der Waals surface area contributed by atoms with Crippen molar-refractivity contribution in [3.63, 3.8) is 0 Å². The van der Waals surface area contributed by atoms with Crippen molar-refractivity contribution in [2.45, 2.75) is 32.5 Å². The Morgan fingerprint density at radius 3 is 2.43 bits per heavy atom. The van der Waals surface area contributed by atoms with Crippen LogP contribution in [0.2, 0.25) is 0 Å². The highest BCUT2D eigenvalue weighted by Crippen LogP contribution is 2.32. The number of ether oxygens (including phenoxy) is 2. The number of carbonyl (C=O) groups excluding carboxylic acids is 1. The summed E-state index contributed by atoms with van der Waals surface area (Å²) in [5.74, 6) is -0.646. The van der Waals surface area contributed by atoms with E-state index in [1.165, 1.54) is 38.5 Å². The first kappa shape index (κ1) is 26.0. The summed E-state index contributed by atoms with van der Waals surface area (Å²) in [4.78, 5) is 16.6. The molecule has 0 bridgehead atoms. The average Bonchev–Trinajstić information content (AvgIpc) is 2.81. The lowest BCUT2D eigenvalue weighted by Crippen LogP contribution is -2.43. The predicted molar refractivity (Wildman–Crippen MR) is 123 cm³/mol. The van der Waals surface area contributed by atoms with Crippen LogP contribution in [0.25, 0.3) is 0 Å². The van der Waals surface area contributed by atoms with Crippen molar-refractivity contribution in [3.8, 4) is 11.5 Å². The number of pyridine rings is 1. The second-order valence-corrected chi connectivity index (χ2v) is 8.94. The normalized spacial score (nSPS) is 16.1.